The second-order valence-corrected chi connectivity index (χ2v) is 8.84. The number of nitrogens with zero attached hydrogens (tertiary/aromatic N) is 2. The summed E-state index contributed by atoms with van der Waals surface area (Å²) in [5.41, 5.74) is 0. The molecule has 0 amide bonds. The first-order valence-corrected chi connectivity index (χ1v) is 9.40. The molecule has 2 rings (SSSR count). The van der Waals surface area contributed by atoms with Crippen molar-refractivity contribution >= 4 is 16.0 Å². The third kappa shape index (κ3) is 3.88. The smallest absolute Gasteiger partial charge is 0.237 e. The average Bonchev–Trinajstić information content (AvgIpc) is 2.42. The highest BCUT2D eigenvalue weighted by atomic mass is 32.2. The van der Waals surface area contributed by atoms with Crippen molar-refractivity contribution in [2.45, 2.75) is 58.2 Å². The second-order valence-electron chi connectivity index (χ2n) is 6.60. The highest BCUT2D eigenvalue weighted by molar-refractivity contribution is 7.90. The lowest BCUT2D eigenvalue weighted by Gasteiger charge is -2.42. The fourth-order valence-corrected chi connectivity index (χ4v) is 3.70. The fourth-order valence-electron chi connectivity index (χ4n) is 3.06. The third-order valence-electron chi connectivity index (χ3n) is 4.85. The van der Waals surface area contributed by atoms with Gasteiger partial charge in [-0.15, -0.1) is 0 Å². The molecule has 7 heteroatoms. The Kier molecular flexibility index (Phi) is 5.14. The largest absolute Gasteiger partial charge is 0.343 e. The number of nitrogens with one attached hydrogen (secondary N) is 2. The summed E-state index contributed by atoms with van der Waals surface area (Å²) in [4.78, 5) is 6.67. The summed E-state index contributed by atoms with van der Waals surface area (Å²) in [6, 6.07) is 0.535. The Hall–Kier alpha value is -0.820. The summed E-state index contributed by atoms with van der Waals surface area (Å²) in [6.07, 6.45) is 3.78. The van der Waals surface area contributed by atoms with E-state index < -0.39 is 15.3 Å². The molecule has 2 aliphatic rings. The van der Waals surface area contributed by atoms with Crippen LogP contribution >= 0.6 is 0 Å². The lowest BCUT2D eigenvalue weighted by atomic mass is 9.77. The Labute approximate surface area is 128 Å². The maximum atomic E-state index is 11.8. The van der Waals surface area contributed by atoms with Gasteiger partial charge in [0.15, 0.2) is 0 Å². The SMILES string of the molecule is CC(C)S(=O)(=O)NC1=NCN([C@H]2CCC[C@@H](C)[C@H]2C)CN1. The van der Waals surface area contributed by atoms with Crippen LogP contribution in [0.3, 0.4) is 0 Å². The minimum atomic E-state index is -3.32. The summed E-state index contributed by atoms with van der Waals surface area (Å²) >= 11 is 0. The van der Waals surface area contributed by atoms with E-state index >= 15 is 0 Å². The van der Waals surface area contributed by atoms with Crippen LogP contribution in [0, 0.1) is 11.8 Å². The summed E-state index contributed by atoms with van der Waals surface area (Å²) < 4.78 is 26.2. The lowest BCUT2D eigenvalue weighted by Crippen LogP contribution is -2.55. The van der Waals surface area contributed by atoms with E-state index in [-0.39, 0.29) is 0 Å². The minimum Gasteiger partial charge on any atom is -0.343 e. The van der Waals surface area contributed by atoms with Crippen LogP contribution in [-0.2, 0) is 10.0 Å². The van der Waals surface area contributed by atoms with Gasteiger partial charge in [0, 0.05) is 6.04 Å². The number of aliphatic imine (C=N–C) groups is 1. The Morgan fingerprint density at radius 3 is 2.62 bits per heavy atom. The first-order valence-electron chi connectivity index (χ1n) is 7.85. The van der Waals surface area contributed by atoms with Crippen molar-refractivity contribution < 1.29 is 8.42 Å². The first-order chi connectivity index (χ1) is 9.81. The van der Waals surface area contributed by atoms with Gasteiger partial charge in [-0.2, -0.15) is 0 Å². The van der Waals surface area contributed by atoms with Crippen molar-refractivity contribution in [3.05, 3.63) is 0 Å². The second kappa shape index (κ2) is 6.52. The highest BCUT2D eigenvalue weighted by Crippen LogP contribution is 2.32. The zero-order valence-electron chi connectivity index (χ0n) is 13.5. The molecular weight excluding hydrogens is 288 g/mol. The van der Waals surface area contributed by atoms with Crippen molar-refractivity contribution in [3.63, 3.8) is 0 Å². The third-order valence-corrected chi connectivity index (χ3v) is 6.57. The zero-order chi connectivity index (χ0) is 15.6. The van der Waals surface area contributed by atoms with Gasteiger partial charge in [0.1, 0.15) is 0 Å². The number of rotatable bonds is 3. The molecule has 1 fully saturated rings. The molecule has 0 bridgehead atoms. The van der Waals surface area contributed by atoms with Crippen molar-refractivity contribution in [2.75, 3.05) is 13.3 Å². The van der Waals surface area contributed by atoms with E-state index in [0.717, 1.165) is 5.92 Å². The Morgan fingerprint density at radius 1 is 1.33 bits per heavy atom. The van der Waals surface area contributed by atoms with E-state index in [1.807, 2.05) is 0 Å². The van der Waals surface area contributed by atoms with Gasteiger partial charge in [0.25, 0.3) is 0 Å². The van der Waals surface area contributed by atoms with Crippen LogP contribution in [0.4, 0.5) is 0 Å². The molecule has 1 saturated carbocycles. The molecule has 0 aromatic rings. The molecule has 1 heterocycles. The fraction of sp³-hybridized carbons (Fsp3) is 0.929. The van der Waals surface area contributed by atoms with E-state index in [4.69, 9.17) is 0 Å². The van der Waals surface area contributed by atoms with E-state index in [9.17, 15) is 8.42 Å². The van der Waals surface area contributed by atoms with Crippen LogP contribution in [-0.4, -0.2) is 43.9 Å². The van der Waals surface area contributed by atoms with Gasteiger partial charge < -0.3 is 5.32 Å². The summed E-state index contributed by atoms with van der Waals surface area (Å²) in [6.45, 7) is 9.16. The van der Waals surface area contributed by atoms with Crippen LogP contribution < -0.4 is 10.0 Å². The average molecular weight is 316 g/mol. The van der Waals surface area contributed by atoms with E-state index in [1.54, 1.807) is 13.8 Å². The maximum absolute atomic E-state index is 11.8. The molecule has 0 aromatic heterocycles. The van der Waals surface area contributed by atoms with E-state index in [2.05, 4.69) is 33.8 Å². The molecule has 3 atom stereocenters. The molecule has 1 aliphatic carbocycles. The molecular formula is C14H28N4O2S. The lowest BCUT2D eigenvalue weighted by molar-refractivity contribution is 0.0768. The van der Waals surface area contributed by atoms with Gasteiger partial charge in [0.05, 0.1) is 18.6 Å². The minimum absolute atomic E-state index is 0.372. The van der Waals surface area contributed by atoms with Crippen LogP contribution in [0.15, 0.2) is 4.99 Å². The summed E-state index contributed by atoms with van der Waals surface area (Å²) in [5, 5.41) is 2.64. The number of sulfonamides is 1. The zero-order valence-corrected chi connectivity index (χ0v) is 14.3. The Morgan fingerprint density at radius 2 is 2.05 bits per heavy atom. The molecule has 2 N–H and O–H groups in total. The molecule has 0 radical (unpaired) electrons. The van der Waals surface area contributed by atoms with Gasteiger partial charge in [-0.25, -0.2) is 13.4 Å². The van der Waals surface area contributed by atoms with Gasteiger partial charge in [0.2, 0.25) is 16.0 Å². The van der Waals surface area contributed by atoms with Gasteiger partial charge >= 0.3 is 0 Å². The molecule has 0 spiro atoms. The van der Waals surface area contributed by atoms with Crippen molar-refractivity contribution in [2.24, 2.45) is 16.8 Å². The number of guanidine groups is 1. The van der Waals surface area contributed by atoms with Crippen molar-refractivity contribution in [1.82, 2.24) is 14.9 Å². The summed E-state index contributed by atoms with van der Waals surface area (Å²) in [7, 11) is -3.32. The Balaban J connectivity index is 1.95. The monoisotopic (exact) mass is 316 g/mol. The molecule has 122 valence electrons. The highest BCUT2D eigenvalue weighted by Gasteiger charge is 2.32. The van der Waals surface area contributed by atoms with Crippen LogP contribution in [0.5, 0.6) is 0 Å². The maximum Gasteiger partial charge on any atom is 0.237 e. The normalized spacial score (nSPS) is 31.7. The Bertz CT molecular complexity index is 489. The summed E-state index contributed by atoms with van der Waals surface area (Å²) in [5.74, 6) is 1.77. The van der Waals surface area contributed by atoms with Crippen molar-refractivity contribution in [1.29, 1.82) is 0 Å². The molecule has 21 heavy (non-hydrogen) atoms. The molecule has 0 unspecified atom stereocenters. The molecule has 1 aliphatic heterocycles. The first kappa shape index (κ1) is 16.5. The van der Waals surface area contributed by atoms with E-state index in [1.165, 1.54) is 19.3 Å². The van der Waals surface area contributed by atoms with Gasteiger partial charge in [-0.3, -0.25) is 9.62 Å². The number of hydrogen-bond donors (Lipinski definition) is 2. The van der Waals surface area contributed by atoms with Crippen LogP contribution in [0.1, 0.15) is 47.0 Å². The van der Waals surface area contributed by atoms with Crippen molar-refractivity contribution in [3.8, 4) is 0 Å². The topological polar surface area (TPSA) is 73.8 Å². The number of hydrogen-bond acceptors (Lipinski definition) is 5. The van der Waals surface area contributed by atoms with Crippen LogP contribution in [0.2, 0.25) is 0 Å². The quantitative estimate of drug-likeness (QED) is 0.823. The molecule has 6 nitrogen and oxygen atoms in total. The van der Waals surface area contributed by atoms with Gasteiger partial charge in [-0.1, -0.05) is 26.7 Å². The predicted molar refractivity (Wildman–Crippen MR) is 85.3 cm³/mol. The van der Waals surface area contributed by atoms with E-state index in [0.29, 0.717) is 31.3 Å². The van der Waals surface area contributed by atoms with Crippen LogP contribution in [0.25, 0.3) is 0 Å². The molecule has 0 saturated heterocycles. The standard InChI is InChI=1S/C14H28N4O2S/c1-10(2)21(19,20)17-14-15-8-18(9-16-14)13-7-5-6-11(3)12(13)4/h10-13H,5-9H2,1-4H3,(H2,15,16,17)/t11-,12-,13+/m1/s1. The predicted octanol–water partition coefficient (Wildman–Crippen LogP) is 1.32. The van der Waals surface area contributed by atoms with Gasteiger partial charge in [-0.05, 0) is 32.1 Å². The molecule has 0 aromatic carbocycles.